The number of ether oxygens (including phenoxy) is 4. The third-order valence-corrected chi connectivity index (χ3v) is 20.4. The lowest BCUT2D eigenvalue weighted by Crippen LogP contribution is -2.30. The second kappa shape index (κ2) is 66.3. The van der Waals surface area contributed by atoms with Crippen molar-refractivity contribution in [3.05, 3.63) is 0 Å². The summed E-state index contributed by atoms with van der Waals surface area (Å²) < 4.78 is 68.6. The number of hydrogen-bond acceptors (Lipinski definition) is 15. The van der Waals surface area contributed by atoms with E-state index in [1.807, 2.05) is 0 Å². The van der Waals surface area contributed by atoms with Crippen LogP contribution in [0.25, 0.3) is 0 Å². The Kier molecular flexibility index (Phi) is 65.0. The first kappa shape index (κ1) is 94.1. The standard InChI is InChI=1S/C77H150O17P2/c1-9-69(7)55-47-39-31-25-21-22-28-34-44-52-60-77(82)94-73(64-88-75(80)58-50-42-36-35-40-48-56-70(8)10-2)66-92-96(85,86)90-62-71(78)61-89-95(83,84)91-65-72(93-76(81)59-51-43-33-27-20-16-12-14-18-24-30-38-46-54-68(5)6)63-87-74(79)57-49-41-32-26-19-15-11-13-17-23-29-37-45-53-67(3)4/h67-73,78H,9-66H2,1-8H3,(H,83,84)(H,85,86)/t69?,70?,71-,72-,73-/m1/s1. The lowest BCUT2D eigenvalue weighted by Gasteiger charge is -2.21. The summed E-state index contributed by atoms with van der Waals surface area (Å²) in [7, 11) is -9.92. The maximum atomic E-state index is 13.1. The normalized spacial score (nSPS) is 14.7. The third kappa shape index (κ3) is 67.9. The Hall–Kier alpha value is -1.94. The van der Waals surface area contributed by atoms with Gasteiger partial charge in [0.1, 0.15) is 19.3 Å². The van der Waals surface area contributed by atoms with Crippen LogP contribution < -0.4 is 0 Å². The van der Waals surface area contributed by atoms with Crippen LogP contribution in [0.4, 0.5) is 0 Å². The lowest BCUT2D eigenvalue weighted by atomic mass is 9.99. The predicted molar refractivity (Wildman–Crippen MR) is 391 cm³/mol. The smallest absolute Gasteiger partial charge is 0.462 e. The Morgan fingerprint density at radius 1 is 0.292 bits per heavy atom. The molecule has 17 nitrogen and oxygen atoms in total. The molecule has 0 saturated heterocycles. The highest BCUT2D eigenvalue weighted by atomic mass is 31.2. The minimum atomic E-state index is -4.96. The number of phosphoric ester groups is 2. The van der Waals surface area contributed by atoms with Gasteiger partial charge >= 0.3 is 39.5 Å². The second-order valence-electron chi connectivity index (χ2n) is 29.2. The molecule has 96 heavy (non-hydrogen) atoms. The molecule has 570 valence electrons. The number of carbonyl (C=O) groups excluding carboxylic acids is 4. The van der Waals surface area contributed by atoms with E-state index in [1.54, 1.807) is 0 Å². The van der Waals surface area contributed by atoms with Crippen molar-refractivity contribution in [3.63, 3.8) is 0 Å². The van der Waals surface area contributed by atoms with Gasteiger partial charge in [0.15, 0.2) is 12.2 Å². The van der Waals surface area contributed by atoms with E-state index in [4.69, 9.17) is 37.0 Å². The summed E-state index contributed by atoms with van der Waals surface area (Å²) in [5, 5.41) is 10.6. The van der Waals surface area contributed by atoms with E-state index in [1.165, 1.54) is 186 Å². The van der Waals surface area contributed by atoms with Gasteiger partial charge in [0.25, 0.3) is 0 Å². The molecule has 0 radical (unpaired) electrons. The maximum Gasteiger partial charge on any atom is 0.472 e. The zero-order chi connectivity index (χ0) is 71.0. The third-order valence-electron chi connectivity index (χ3n) is 18.5. The molecule has 0 saturated carbocycles. The van der Waals surface area contributed by atoms with E-state index < -0.39 is 97.5 Å². The Labute approximate surface area is 588 Å². The average Bonchev–Trinajstić information content (AvgIpc) is 1.56. The van der Waals surface area contributed by atoms with Gasteiger partial charge in [0.05, 0.1) is 26.4 Å². The predicted octanol–water partition coefficient (Wildman–Crippen LogP) is 22.4. The van der Waals surface area contributed by atoms with Crippen molar-refractivity contribution in [2.45, 2.75) is 408 Å². The van der Waals surface area contributed by atoms with Gasteiger partial charge < -0.3 is 33.8 Å². The van der Waals surface area contributed by atoms with Crippen molar-refractivity contribution < 1.29 is 80.2 Å². The molecule has 3 N–H and O–H groups in total. The topological polar surface area (TPSA) is 237 Å². The zero-order valence-electron chi connectivity index (χ0n) is 63.0. The van der Waals surface area contributed by atoms with Gasteiger partial charge in [-0.15, -0.1) is 0 Å². The molecule has 19 heteroatoms. The molecule has 0 aromatic carbocycles. The van der Waals surface area contributed by atoms with Crippen molar-refractivity contribution in [1.82, 2.24) is 0 Å². The molecule has 0 rings (SSSR count). The van der Waals surface area contributed by atoms with Crippen molar-refractivity contribution in [2.75, 3.05) is 39.6 Å². The average molecular weight is 1410 g/mol. The van der Waals surface area contributed by atoms with E-state index in [2.05, 4.69) is 55.4 Å². The number of carbonyl (C=O) groups is 4. The minimum Gasteiger partial charge on any atom is -0.462 e. The summed E-state index contributed by atoms with van der Waals surface area (Å²) in [4.78, 5) is 72.9. The molecule has 4 unspecified atom stereocenters. The fraction of sp³-hybridized carbons (Fsp3) is 0.948. The molecule has 7 atom stereocenters. The summed E-state index contributed by atoms with van der Waals surface area (Å²) in [5.74, 6) is 0.992. The monoisotopic (exact) mass is 1410 g/mol. The molecular weight excluding hydrogens is 1260 g/mol. The molecule has 0 aromatic rings. The largest absolute Gasteiger partial charge is 0.472 e. The second-order valence-corrected chi connectivity index (χ2v) is 32.1. The minimum absolute atomic E-state index is 0.105. The summed E-state index contributed by atoms with van der Waals surface area (Å²) in [6, 6.07) is 0. The van der Waals surface area contributed by atoms with Gasteiger partial charge in [-0.2, -0.15) is 0 Å². The Morgan fingerprint density at radius 2 is 0.500 bits per heavy atom. The molecule has 0 spiro atoms. The quantitative estimate of drug-likeness (QED) is 0.0222. The first-order valence-corrected chi connectivity index (χ1v) is 42.8. The number of aliphatic hydroxyl groups excluding tert-OH is 1. The van der Waals surface area contributed by atoms with Crippen LogP contribution in [0.15, 0.2) is 0 Å². The summed E-state index contributed by atoms with van der Waals surface area (Å²) in [6.45, 7) is 14.2. The van der Waals surface area contributed by atoms with Crippen molar-refractivity contribution in [1.29, 1.82) is 0 Å². The maximum absolute atomic E-state index is 13.1. The molecule has 0 aromatic heterocycles. The van der Waals surface area contributed by atoms with Gasteiger partial charge in [-0.1, -0.05) is 338 Å². The summed E-state index contributed by atoms with van der Waals surface area (Å²) in [5.41, 5.74) is 0. The van der Waals surface area contributed by atoms with E-state index in [0.29, 0.717) is 25.7 Å². The van der Waals surface area contributed by atoms with Crippen molar-refractivity contribution in [3.8, 4) is 0 Å². The number of hydrogen-bond donors (Lipinski definition) is 3. The van der Waals surface area contributed by atoms with Crippen LogP contribution in [-0.4, -0.2) is 96.7 Å². The van der Waals surface area contributed by atoms with Crippen LogP contribution >= 0.6 is 15.6 Å². The van der Waals surface area contributed by atoms with Gasteiger partial charge in [-0.25, -0.2) is 9.13 Å². The molecule has 0 fully saturated rings. The molecular formula is C77H150O17P2. The van der Waals surface area contributed by atoms with E-state index >= 15 is 0 Å². The van der Waals surface area contributed by atoms with Crippen LogP contribution in [0, 0.1) is 23.7 Å². The van der Waals surface area contributed by atoms with E-state index in [-0.39, 0.29) is 25.7 Å². The van der Waals surface area contributed by atoms with Gasteiger partial charge in [0.2, 0.25) is 0 Å². The highest BCUT2D eigenvalue weighted by molar-refractivity contribution is 7.47. The van der Waals surface area contributed by atoms with Gasteiger partial charge in [-0.3, -0.25) is 37.3 Å². The zero-order valence-corrected chi connectivity index (χ0v) is 64.8. The number of rotatable bonds is 74. The summed E-state index contributed by atoms with van der Waals surface area (Å²) in [6.07, 6.45) is 51.2. The number of aliphatic hydroxyl groups is 1. The molecule has 0 aliphatic heterocycles. The molecule has 0 aliphatic carbocycles. The fourth-order valence-corrected chi connectivity index (χ4v) is 13.2. The van der Waals surface area contributed by atoms with Crippen molar-refractivity contribution >= 4 is 39.5 Å². The summed E-state index contributed by atoms with van der Waals surface area (Å²) >= 11 is 0. The van der Waals surface area contributed by atoms with Crippen LogP contribution in [0.3, 0.4) is 0 Å². The van der Waals surface area contributed by atoms with Crippen LogP contribution in [-0.2, 0) is 65.4 Å². The Bertz CT molecular complexity index is 1890. The van der Waals surface area contributed by atoms with Crippen molar-refractivity contribution in [2.24, 2.45) is 23.7 Å². The number of esters is 4. The molecule has 0 bridgehead atoms. The Balaban J connectivity index is 5.27. The number of unbranched alkanes of at least 4 members (excludes halogenated alkanes) is 38. The van der Waals surface area contributed by atoms with Gasteiger partial charge in [0, 0.05) is 25.7 Å². The van der Waals surface area contributed by atoms with E-state index in [0.717, 1.165) is 120 Å². The van der Waals surface area contributed by atoms with Crippen LogP contribution in [0.1, 0.15) is 389 Å². The Morgan fingerprint density at radius 3 is 0.740 bits per heavy atom. The van der Waals surface area contributed by atoms with Crippen LogP contribution in [0.5, 0.6) is 0 Å². The molecule has 0 amide bonds. The first-order valence-electron chi connectivity index (χ1n) is 39.8. The SMILES string of the molecule is CCC(C)CCCCCCCCCCCCC(=O)O[C@H](COC(=O)CCCCCCCCC(C)CC)COP(=O)(O)OC[C@H](O)COP(=O)(O)OC[C@@H](COC(=O)CCCCCCCCCCCCCCCC(C)C)OC(=O)CCCCCCCCCCCCCCCC(C)C. The van der Waals surface area contributed by atoms with Crippen LogP contribution in [0.2, 0.25) is 0 Å². The lowest BCUT2D eigenvalue weighted by molar-refractivity contribution is -0.161. The first-order chi connectivity index (χ1) is 46.2. The van der Waals surface area contributed by atoms with Gasteiger partial charge in [-0.05, 0) is 49.4 Å². The van der Waals surface area contributed by atoms with E-state index in [9.17, 15) is 43.2 Å². The highest BCUT2D eigenvalue weighted by Crippen LogP contribution is 2.45. The molecule has 0 heterocycles. The molecule has 0 aliphatic rings. The highest BCUT2D eigenvalue weighted by Gasteiger charge is 2.30. The fourth-order valence-electron chi connectivity index (χ4n) is 11.7. The number of phosphoric acid groups is 2.